The number of carbonyl (C=O) groups excluding carboxylic acids is 1. The molecular formula is C14H21NO3. The molecule has 0 radical (unpaired) electrons. The fourth-order valence-electron chi connectivity index (χ4n) is 1.58. The van der Waals surface area contributed by atoms with Crippen molar-refractivity contribution >= 4 is 6.09 Å². The van der Waals surface area contributed by atoms with Gasteiger partial charge in [-0.05, 0) is 33.3 Å². The zero-order valence-corrected chi connectivity index (χ0v) is 11.3. The Labute approximate surface area is 108 Å². The summed E-state index contributed by atoms with van der Waals surface area (Å²) in [5.74, 6) is 0. The van der Waals surface area contributed by atoms with Gasteiger partial charge in [-0.25, -0.2) is 4.79 Å². The summed E-state index contributed by atoms with van der Waals surface area (Å²) in [6.07, 6.45) is -1.22. The van der Waals surface area contributed by atoms with Crippen molar-refractivity contribution in [3.8, 4) is 0 Å². The SMILES string of the molecule is C[C@H](O)[C@H](NC(=O)OC(C)(C)C)c1ccccc1. The van der Waals surface area contributed by atoms with Crippen molar-refractivity contribution in [3.05, 3.63) is 35.9 Å². The molecule has 4 heteroatoms. The minimum absolute atomic E-state index is 0.471. The Hall–Kier alpha value is -1.55. The molecule has 0 aliphatic carbocycles. The van der Waals surface area contributed by atoms with Gasteiger partial charge < -0.3 is 15.2 Å². The minimum atomic E-state index is -0.695. The number of hydrogen-bond acceptors (Lipinski definition) is 3. The molecule has 0 fully saturated rings. The minimum Gasteiger partial charge on any atom is -0.444 e. The van der Waals surface area contributed by atoms with Crippen LogP contribution < -0.4 is 5.32 Å². The van der Waals surface area contributed by atoms with E-state index in [4.69, 9.17) is 4.74 Å². The lowest BCUT2D eigenvalue weighted by Gasteiger charge is -2.25. The van der Waals surface area contributed by atoms with Crippen molar-refractivity contribution in [2.75, 3.05) is 0 Å². The largest absolute Gasteiger partial charge is 0.444 e. The second kappa shape index (κ2) is 5.87. The van der Waals surface area contributed by atoms with Crippen molar-refractivity contribution in [2.45, 2.75) is 45.4 Å². The van der Waals surface area contributed by atoms with E-state index < -0.39 is 23.8 Å². The van der Waals surface area contributed by atoms with Crippen LogP contribution in [0.4, 0.5) is 4.79 Å². The molecule has 2 atom stereocenters. The Morgan fingerprint density at radius 2 is 1.83 bits per heavy atom. The molecular weight excluding hydrogens is 230 g/mol. The van der Waals surface area contributed by atoms with Gasteiger partial charge in [0.05, 0.1) is 12.1 Å². The first-order valence-electron chi connectivity index (χ1n) is 6.02. The standard InChI is InChI=1S/C14H21NO3/c1-10(16)12(11-8-6-5-7-9-11)15-13(17)18-14(2,3)4/h5-10,12,16H,1-4H3,(H,15,17)/t10-,12-/m0/s1. The highest BCUT2D eigenvalue weighted by Gasteiger charge is 2.23. The maximum atomic E-state index is 11.7. The van der Waals surface area contributed by atoms with Gasteiger partial charge >= 0.3 is 6.09 Å². The monoisotopic (exact) mass is 251 g/mol. The van der Waals surface area contributed by atoms with E-state index in [-0.39, 0.29) is 0 Å². The maximum Gasteiger partial charge on any atom is 0.408 e. The second-order valence-corrected chi connectivity index (χ2v) is 5.28. The summed E-state index contributed by atoms with van der Waals surface area (Å²) in [5, 5.41) is 12.4. The molecule has 0 aliphatic heterocycles. The number of alkyl carbamates (subject to hydrolysis) is 1. The fraction of sp³-hybridized carbons (Fsp3) is 0.500. The number of aliphatic hydroxyl groups excluding tert-OH is 1. The molecule has 100 valence electrons. The predicted molar refractivity (Wildman–Crippen MR) is 70.2 cm³/mol. The number of amides is 1. The number of hydrogen-bond donors (Lipinski definition) is 2. The van der Waals surface area contributed by atoms with E-state index in [2.05, 4.69) is 5.32 Å². The Balaban J connectivity index is 2.74. The first-order chi connectivity index (χ1) is 8.29. The van der Waals surface area contributed by atoms with Crippen LogP contribution in [0.5, 0.6) is 0 Å². The van der Waals surface area contributed by atoms with Crippen LogP contribution in [0.15, 0.2) is 30.3 Å². The topological polar surface area (TPSA) is 58.6 Å². The molecule has 0 spiro atoms. The molecule has 1 aromatic rings. The molecule has 1 rings (SSSR count). The Morgan fingerprint density at radius 3 is 2.28 bits per heavy atom. The summed E-state index contributed by atoms with van der Waals surface area (Å²) in [4.78, 5) is 11.7. The van der Waals surface area contributed by atoms with Crippen molar-refractivity contribution < 1.29 is 14.6 Å². The van der Waals surface area contributed by atoms with Gasteiger partial charge in [-0.15, -0.1) is 0 Å². The van der Waals surface area contributed by atoms with E-state index in [9.17, 15) is 9.90 Å². The number of aliphatic hydroxyl groups is 1. The van der Waals surface area contributed by atoms with Gasteiger partial charge in [0.15, 0.2) is 0 Å². The van der Waals surface area contributed by atoms with Crippen molar-refractivity contribution in [3.63, 3.8) is 0 Å². The van der Waals surface area contributed by atoms with E-state index in [0.29, 0.717) is 0 Å². The lowest BCUT2D eigenvalue weighted by Crippen LogP contribution is -2.38. The van der Waals surface area contributed by atoms with Crippen LogP contribution in [0.3, 0.4) is 0 Å². The van der Waals surface area contributed by atoms with Gasteiger partial charge in [0.25, 0.3) is 0 Å². The second-order valence-electron chi connectivity index (χ2n) is 5.28. The molecule has 1 amide bonds. The lowest BCUT2D eigenvalue weighted by atomic mass is 10.0. The van der Waals surface area contributed by atoms with E-state index in [1.54, 1.807) is 27.7 Å². The van der Waals surface area contributed by atoms with Crippen molar-refractivity contribution in [2.24, 2.45) is 0 Å². The third-order valence-corrected chi connectivity index (χ3v) is 2.31. The van der Waals surface area contributed by atoms with E-state index in [0.717, 1.165) is 5.56 Å². The highest BCUT2D eigenvalue weighted by Crippen LogP contribution is 2.17. The molecule has 1 aromatic carbocycles. The molecule has 18 heavy (non-hydrogen) atoms. The Morgan fingerprint density at radius 1 is 1.28 bits per heavy atom. The van der Waals surface area contributed by atoms with E-state index in [1.807, 2.05) is 30.3 Å². The average molecular weight is 251 g/mol. The molecule has 0 bridgehead atoms. The van der Waals surface area contributed by atoms with Crippen LogP contribution in [-0.2, 0) is 4.74 Å². The number of ether oxygens (including phenoxy) is 1. The molecule has 0 aromatic heterocycles. The van der Waals surface area contributed by atoms with Crippen LogP contribution in [0.2, 0.25) is 0 Å². The van der Waals surface area contributed by atoms with Crippen LogP contribution in [0, 0.1) is 0 Å². The number of nitrogens with one attached hydrogen (secondary N) is 1. The molecule has 0 heterocycles. The van der Waals surface area contributed by atoms with Gasteiger partial charge in [-0.2, -0.15) is 0 Å². The summed E-state index contributed by atoms with van der Waals surface area (Å²) < 4.78 is 5.18. The molecule has 0 saturated carbocycles. The molecule has 4 nitrogen and oxygen atoms in total. The number of rotatable bonds is 3. The summed E-state index contributed by atoms with van der Waals surface area (Å²) in [5.41, 5.74) is 0.294. The Bertz CT molecular complexity index is 382. The number of carbonyl (C=O) groups is 1. The summed E-state index contributed by atoms with van der Waals surface area (Å²) in [7, 11) is 0. The zero-order chi connectivity index (χ0) is 13.8. The first kappa shape index (κ1) is 14.5. The lowest BCUT2D eigenvalue weighted by molar-refractivity contribution is 0.0436. The Kier molecular flexibility index (Phi) is 4.73. The highest BCUT2D eigenvalue weighted by molar-refractivity contribution is 5.68. The molecule has 0 saturated heterocycles. The molecule has 2 N–H and O–H groups in total. The first-order valence-corrected chi connectivity index (χ1v) is 6.02. The predicted octanol–water partition coefficient (Wildman–Crippen LogP) is 2.63. The van der Waals surface area contributed by atoms with E-state index in [1.165, 1.54) is 0 Å². The normalized spacial score (nSPS) is 14.7. The summed E-state index contributed by atoms with van der Waals surface area (Å²) in [6.45, 7) is 7.03. The zero-order valence-electron chi connectivity index (χ0n) is 11.3. The van der Waals surface area contributed by atoms with Gasteiger partial charge in [0.1, 0.15) is 5.60 Å². The quantitative estimate of drug-likeness (QED) is 0.868. The van der Waals surface area contributed by atoms with Crippen molar-refractivity contribution in [1.29, 1.82) is 0 Å². The number of benzene rings is 1. The molecule has 0 unspecified atom stereocenters. The van der Waals surface area contributed by atoms with Gasteiger partial charge in [-0.1, -0.05) is 30.3 Å². The van der Waals surface area contributed by atoms with Gasteiger partial charge in [0.2, 0.25) is 0 Å². The third-order valence-electron chi connectivity index (χ3n) is 2.31. The van der Waals surface area contributed by atoms with Crippen LogP contribution in [0.1, 0.15) is 39.3 Å². The van der Waals surface area contributed by atoms with Crippen molar-refractivity contribution in [1.82, 2.24) is 5.32 Å². The van der Waals surface area contributed by atoms with E-state index >= 15 is 0 Å². The van der Waals surface area contributed by atoms with Gasteiger partial charge in [0, 0.05) is 0 Å². The third kappa shape index (κ3) is 4.75. The van der Waals surface area contributed by atoms with Gasteiger partial charge in [-0.3, -0.25) is 0 Å². The van der Waals surface area contributed by atoms with Crippen LogP contribution in [-0.4, -0.2) is 22.9 Å². The highest BCUT2D eigenvalue weighted by atomic mass is 16.6. The average Bonchev–Trinajstić information content (AvgIpc) is 2.24. The maximum absolute atomic E-state index is 11.7. The fourth-order valence-corrected chi connectivity index (χ4v) is 1.58. The smallest absolute Gasteiger partial charge is 0.408 e. The van der Waals surface area contributed by atoms with Crippen LogP contribution >= 0.6 is 0 Å². The van der Waals surface area contributed by atoms with Crippen LogP contribution in [0.25, 0.3) is 0 Å². The summed E-state index contributed by atoms with van der Waals surface area (Å²) >= 11 is 0. The summed E-state index contributed by atoms with van der Waals surface area (Å²) in [6, 6.07) is 8.85. The molecule has 0 aliphatic rings.